The van der Waals surface area contributed by atoms with Crippen LogP contribution in [0.15, 0.2) is 53.3 Å². The molecule has 0 unspecified atom stereocenters. The Balaban J connectivity index is 1.20. The van der Waals surface area contributed by atoms with Gasteiger partial charge in [-0.15, -0.1) is 0 Å². The summed E-state index contributed by atoms with van der Waals surface area (Å²) in [6.45, 7) is 0.773. The first kappa shape index (κ1) is 22.4. The lowest BCUT2D eigenvalue weighted by Crippen LogP contribution is -2.40. The quantitative estimate of drug-likeness (QED) is 0.380. The van der Waals surface area contributed by atoms with E-state index in [1.807, 2.05) is 42.5 Å². The number of aromatic nitrogens is 5. The van der Waals surface area contributed by atoms with Gasteiger partial charge in [-0.25, -0.2) is 14.5 Å². The summed E-state index contributed by atoms with van der Waals surface area (Å²) in [5.41, 5.74) is 5.05. The number of H-pyrrole nitrogens is 2. The van der Waals surface area contributed by atoms with Gasteiger partial charge in [-0.05, 0) is 48.0 Å². The molecule has 1 aliphatic rings. The van der Waals surface area contributed by atoms with Crippen LogP contribution in [-0.2, 0) is 24.2 Å². The molecule has 5 aromatic rings. The molecule has 36 heavy (non-hydrogen) atoms. The van der Waals surface area contributed by atoms with Crippen LogP contribution in [0.5, 0.6) is 5.75 Å². The number of carbonyl (C=O) groups excluding carboxylic acids is 1. The van der Waals surface area contributed by atoms with Crippen molar-refractivity contribution in [3.63, 3.8) is 0 Å². The second-order valence-corrected chi connectivity index (χ2v) is 9.28. The van der Waals surface area contributed by atoms with Gasteiger partial charge in [0.1, 0.15) is 11.6 Å². The Labute approximate surface area is 210 Å². The number of benzene rings is 2. The summed E-state index contributed by atoms with van der Waals surface area (Å²) in [6.07, 6.45) is 1.32. The smallest absolute Gasteiger partial charge is 0.277 e. The molecule has 4 heterocycles. The second kappa shape index (κ2) is 8.83. The highest BCUT2D eigenvalue weighted by Crippen LogP contribution is 2.23. The van der Waals surface area contributed by atoms with E-state index >= 15 is 0 Å². The van der Waals surface area contributed by atoms with Crippen LogP contribution >= 0.6 is 11.6 Å². The van der Waals surface area contributed by atoms with Crippen LogP contribution in [0.2, 0.25) is 5.02 Å². The molecule has 0 fully saturated rings. The molecule has 6 rings (SSSR count). The van der Waals surface area contributed by atoms with E-state index in [1.165, 1.54) is 4.52 Å². The van der Waals surface area contributed by atoms with Gasteiger partial charge in [-0.1, -0.05) is 11.6 Å². The van der Waals surface area contributed by atoms with Crippen LogP contribution in [0.1, 0.15) is 23.5 Å². The number of rotatable bonds is 5. The van der Waals surface area contributed by atoms with E-state index in [0.717, 1.165) is 39.6 Å². The van der Waals surface area contributed by atoms with E-state index in [4.69, 9.17) is 21.3 Å². The highest BCUT2D eigenvalue weighted by Gasteiger charge is 2.25. The average molecular weight is 503 g/mol. The fourth-order valence-electron chi connectivity index (χ4n) is 4.65. The topological polar surface area (TPSA) is 108 Å². The lowest BCUT2D eigenvalue weighted by Gasteiger charge is -2.27. The van der Waals surface area contributed by atoms with Gasteiger partial charge in [0.05, 0.1) is 41.6 Å². The zero-order valence-corrected chi connectivity index (χ0v) is 20.3. The number of halogens is 1. The fraction of sp³-hybridized carbons (Fsp3) is 0.231. The molecule has 0 spiro atoms. The lowest BCUT2D eigenvalue weighted by atomic mass is 10.1. The van der Waals surface area contributed by atoms with Crippen LogP contribution in [0.25, 0.3) is 27.9 Å². The number of aromatic amines is 2. The highest BCUT2D eigenvalue weighted by molar-refractivity contribution is 6.31. The van der Waals surface area contributed by atoms with Gasteiger partial charge in [0.25, 0.3) is 5.56 Å². The van der Waals surface area contributed by atoms with E-state index in [1.54, 1.807) is 18.1 Å². The minimum Gasteiger partial charge on any atom is -0.497 e. The molecule has 0 bridgehead atoms. The number of aryl methyl sites for hydroxylation is 1. The summed E-state index contributed by atoms with van der Waals surface area (Å²) < 4.78 is 6.67. The SMILES string of the molecule is COc1ccc(-c2cc3nc4c(c(=O)n3[nH]2)CN(C(=O)CCc2nc3ccc(Cl)cc3[nH]2)CC4)cc1. The number of nitrogens with zero attached hydrogens (tertiary/aromatic N) is 4. The van der Waals surface area contributed by atoms with Gasteiger partial charge in [-0.3, -0.25) is 14.7 Å². The van der Waals surface area contributed by atoms with Crippen LogP contribution in [0.3, 0.4) is 0 Å². The van der Waals surface area contributed by atoms with E-state index in [-0.39, 0.29) is 18.0 Å². The molecule has 0 saturated carbocycles. The van der Waals surface area contributed by atoms with Crippen molar-refractivity contribution >= 4 is 34.2 Å². The first-order valence-electron chi connectivity index (χ1n) is 11.7. The normalized spacial score (nSPS) is 13.3. The van der Waals surface area contributed by atoms with Crippen molar-refractivity contribution in [2.24, 2.45) is 0 Å². The van der Waals surface area contributed by atoms with E-state index in [2.05, 4.69) is 15.1 Å². The number of imidazole rings is 1. The van der Waals surface area contributed by atoms with Crippen molar-refractivity contribution in [3.8, 4) is 17.0 Å². The maximum Gasteiger partial charge on any atom is 0.277 e. The summed E-state index contributed by atoms with van der Waals surface area (Å²) in [6, 6.07) is 14.9. The molecular weight excluding hydrogens is 480 g/mol. The van der Waals surface area contributed by atoms with E-state index in [9.17, 15) is 9.59 Å². The van der Waals surface area contributed by atoms with Gasteiger partial charge in [-0.2, -0.15) is 0 Å². The van der Waals surface area contributed by atoms with Crippen molar-refractivity contribution in [2.75, 3.05) is 13.7 Å². The number of nitrogens with one attached hydrogen (secondary N) is 2. The third kappa shape index (κ3) is 4.01. The Morgan fingerprint density at radius 3 is 2.78 bits per heavy atom. The highest BCUT2D eigenvalue weighted by atomic mass is 35.5. The first-order chi connectivity index (χ1) is 17.5. The summed E-state index contributed by atoms with van der Waals surface area (Å²) in [4.78, 5) is 40.5. The summed E-state index contributed by atoms with van der Waals surface area (Å²) >= 11 is 6.04. The molecule has 1 aliphatic heterocycles. The molecule has 182 valence electrons. The third-order valence-corrected chi connectivity index (χ3v) is 6.82. The molecule has 2 aromatic carbocycles. The minimum absolute atomic E-state index is 0.0194. The molecule has 0 saturated heterocycles. The lowest BCUT2D eigenvalue weighted by molar-refractivity contribution is -0.132. The Kier molecular flexibility index (Phi) is 5.49. The Hall–Kier alpha value is -4.11. The number of methoxy groups -OCH3 is 1. The maximum atomic E-state index is 13.3. The van der Waals surface area contributed by atoms with Crippen LogP contribution < -0.4 is 10.3 Å². The van der Waals surface area contributed by atoms with Crippen LogP contribution in [0.4, 0.5) is 0 Å². The number of amides is 1. The summed E-state index contributed by atoms with van der Waals surface area (Å²) in [7, 11) is 1.62. The molecule has 0 aliphatic carbocycles. The van der Waals surface area contributed by atoms with Gasteiger partial charge in [0, 0.05) is 36.9 Å². The van der Waals surface area contributed by atoms with Crippen molar-refractivity contribution in [1.82, 2.24) is 29.5 Å². The Morgan fingerprint density at radius 2 is 1.97 bits per heavy atom. The molecule has 2 N–H and O–H groups in total. The van der Waals surface area contributed by atoms with Crippen LogP contribution in [0, 0.1) is 0 Å². The molecule has 10 heteroatoms. The number of carbonyl (C=O) groups is 1. The van der Waals surface area contributed by atoms with Crippen molar-refractivity contribution < 1.29 is 9.53 Å². The fourth-order valence-corrected chi connectivity index (χ4v) is 4.82. The molecule has 1 amide bonds. The Bertz CT molecular complexity index is 1670. The van der Waals surface area contributed by atoms with Gasteiger partial charge < -0.3 is 14.6 Å². The number of fused-ring (bicyclic) bond motifs is 3. The zero-order chi connectivity index (χ0) is 24.8. The molecular formula is C26H23ClN6O3. The predicted octanol–water partition coefficient (Wildman–Crippen LogP) is 3.75. The van der Waals surface area contributed by atoms with E-state index in [0.29, 0.717) is 42.0 Å². The van der Waals surface area contributed by atoms with Gasteiger partial charge >= 0.3 is 0 Å². The van der Waals surface area contributed by atoms with Crippen molar-refractivity contribution in [1.29, 1.82) is 0 Å². The maximum absolute atomic E-state index is 13.3. The average Bonchev–Trinajstić information content (AvgIpc) is 3.51. The van der Waals surface area contributed by atoms with Crippen molar-refractivity contribution in [2.45, 2.75) is 25.8 Å². The Morgan fingerprint density at radius 1 is 1.14 bits per heavy atom. The van der Waals surface area contributed by atoms with Gasteiger partial charge in [0.15, 0.2) is 5.65 Å². The number of hydrogen-bond acceptors (Lipinski definition) is 5. The van der Waals surface area contributed by atoms with Crippen molar-refractivity contribution in [3.05, 3.63) is 81.0 Å². The zero-order valence-electron chi connectivity index (χ0n) is 19.5. The largest absolute Gasteiger partial charge is 0.497 e. The van der Waals surface area contributed by atoms with Crippen LogP contribution in [-0.4, -0.2) is 49.0 Å². The predicted molar refractivity (Wildman–Crippen MR) is 136 cm³/mol. The minimum atomic E-state index is -0.179. The molecule has 9 nitrogen and oxygen atoms in total. The monoisotopic (exact) mass is 502 g/mol. The van der Waals surface area contributed by atoms with Gasteiger partial charge in [0.2, 0.25) is 5.91 Å². The third-order valence-electron chi connectivity index (χ3n) is 6.58. The summed E-state index contributed by atoms with van der Waals surface area (Å²) in [5, 5.41) is 3.78. The molecule has 3 aromatic heterocycles. The first-order valence-corrected chi connectivity index (χ1v) is 12.1. The number of ether oxygens (including phenoxy) is 1. The second-order valence-electron chi connectivity index (χ2n) is 8.84. The van der Waals surface area contributed by atoms with E-state index < -0.39 is 0 Å². The number of hydrogen-bond donors (Lipinski definition) is 2. The molecule has 0 atom stereocenters. The summed E-state index contributed by atoms with van der Waals surface area (Å²) in [5.74, 6) is 1.48. The standard InChI is InChI=1S/C26H23ClN6O3/c1-36-17-5-2-15(3-6-17)21-13-24-30-19-10-11-32(14-18(19)26(35)33(24)31-21)25(34)9-8-23-28-20-7-4-16(27)12-22(20)29-23/h2-7,12-13,31H,8-11,14H2,1H3,(H,28,29). The molecule has 0 radical (unpaired) electrons.